The smallest absolute Gasteiger partial charge is 0.0457 e. The van der Waals surface area contributed by atoms with E-state index in [9.17, 15) is 0 Å². The molecule has 0 amide bonds. The number of terminal acetylenes is 1. The van der Waals surface area contributed by atoms with Gasteiger partial charge >= 0.3 is 0 Å². The lowest BCUT2D eigenvalue weighted by molar-refractivity contribution is 1.61. The van der Waals surface area contributed by atoms with Crippen LogP contribution in [-0.2, 0) is 0 Å². The first-order chi connectivity index (χ1) is 5.83. The number of rotatable bonds is 0. The van der Waals surface area contributed by atoms with Gasteiger partial charge in [0.2, 0.25) is 0 Å². The fraction of sp³-hybridized carbons (Fsp3) is 0.0909. The second-order valence-electron chi connectivity index (χ2n) is 2.67. The molecule has 0 aliphatic heterocycles. The Morgan fingerprint density at radius 3 is 2.83 bits per heavy atom. The molecule has 0 aliphatic rings. The Kier molecular flexibility index (Phi) is 1.64. The molecule has 0 N–H and O–H groups in total. The summed E-state index contributed by atoms with van der Waals surface area (Å²) < 4.78 is 1.28. The zero-order valence-corrected chi connectivity index (χ0v) is 7.61. The van der Waals surface area contributed by atoms with Crippen LogP contribution in [0.25, 0.3) is 10.1 Å². The summed E-state index contributed by atoms with van der Waals surface area (Å²) in [5, 5.41) is 1.21. The van der Waals surface area contributed by atoms with Gasteiger partial charge in [-0.1, -0.05) is 24.1 Å². The highest BCUT2D eigenvalue weighted by Crippen LogP contribution is 2.29. The molecule has 0 atom stereocenters. The molecule has 1 aromatic carbocycles. The van der Waals surface area contributed by atoms with Crippen LogP contribution in [0.1, 0.15) is 10.4 Å². The summed E-state index contributed by atoms with van der Waals surface area (Å²) in [6.07, 6.45) is 5.42. The largest absolute Gasteiger partial charge is 0.139 e. The molecule has 2 rings (SSSR count). The van der Waals surface area contributed by atoms with Crippen LogP contribution < -0.4 is 0 Å². The first kappa shape index (κ1) is 7.39. The summed E-state index contributed by atoms with van der Waals surface area (Å²) in [6.45, 7) is 2.07. The van der Waals surface area contributed by atoms with Crippen LogP contribution in [0.5, 0.6) is 0 Å². The van der Waals surface area contributed by atoms with Crippen molar-refractivity contribution in [1.82, 2.24) is 0 Å². The summed E-state index contributed by atoms with van der Waals surface area (Å²) in [4.78, 5) is 1.23. The van der Waals surface area contributed by atoms with Gasteiger partial charge in [0.25, 0.3) is 0 Å². The van der Waals surface area contributed by atoms with E-state index >= 15 is 0 Å². The average Bonchev–Trinajstić information content (AvgIpc) is 2.40. The van der Waals surface area contributed by atoms with E-state index in [0.717, 1.165) is 5.56 Å². The maximum Gasteiger partial charge on any atom is 0.0457 e. The molecule has 0 aliphatic carbocycles. The van der Waals surface area contributed by atoms with Gasteiger partial charge in [-0.25, -0.2) is 0 Å². The van der Waals surface area contributed by atoms with Crippen LogP contribution in [0.2, 0.25) is 0 Å². The molecule has 0 nitrogen and oxygen atoms in total. The van der Waals surface area contributed by atoms with Crippen molar-refractivity contribution in [3.63, 3.8) is 0 Å². The monoisotopic (exact) mass is 172 g/mol. The molecular formula is C11H8S. The number of fused-ring (bicyclic) bond motifs is 1. The van der Waals surface area contributed by atoms with Gasteiger partial charge in [0, 0.05) is 20.5 Å². The highest BCUT2D eigenvalue weighted by atomic mass is 32.1. The summed E-state index contributed by atoms with van der Waals surface area (Å²) >= 11 is 1.76. The van der Waals surface area contributed by atoms with Crippen LogP contribution >= 0.6 is 11.3 Å². The van der Waals surface area contributed by atoms with Gasteiger partial charge < -0.3 is 0 Å². The minimum atomic E-state index is 1.05. The van der Waals surface area contributed by atoms with Crippen molar-refractivity contribution >= 4 is 21.4 Å². The minimum Gasteiger partial charge on any atom is -0.139 e. The van der Waals surface area contributed by atoms with Crippen molar-refractivity contribution in [1.29, 1.82) is 0 Å². The van der Waals surface area contributed by atoms with Crippen molar-refractivity contribution in [2.75, 3.05) is 0 Å². The fourth-order valence-corrected chi connectivity index (χ4v) is 2.37. The summed E-state index contributed by atoms with van der Waals surface area (Å²) in [5.41, 5.74) is 1.05. The van der Waals surface area contributed by atoms with E-state index in [4.69, 9.17) is 6.42 Å². The Morgan fingerprint density at radius 2 is 2.08 bits per heavy atom. The van der Waals surface area contributed by atoms with E-state index in [1.807, 2.05) is 12.1 Å². The van der Waals surface area contributed by atoms with Gasteiger partial charge in [0.15, 0.2) is 0 Å². The van der Waals surface area contributed by atoms with Crippen molar-refractivity contribution in [3.8, 4) is 12.3 Å². The number of thiophene rings is 1. The SMILES string of the molecule is C#Cc1c(C)sc2ccccc12. The van der Waals surface area contributed by atoms with E-state index in [2.05, 4.69) is 25.0 Å². The molecule has 2 aromatic rings. The van der Waals surface area contributed by atoms with Gasteiger partial charge in [-0.2, -0.15) is 0 Å². The van der Waals surface area contributed by atoms with E-state index < -0.39 is 0 Å². The molecule has 0 bridgehead atoms. The molecule has 0 saturated heterocycles. The van der Waals surface area contributed by atoms with E-state index in [1.54, 1.807) is 11.3 Å². The molecule has 1 heteroatoms. The summed E-state index contributed by atoms with van der Waals surface area (Å²) in [6, 6.07) is 8.25. The molecule has 1 heterocycles. The van der Waals surface area contributed by atoms with Gasteiger partial charge in [0.1, 0.15) is 0 Å². The van der Waals surface area contributed by atoms with Gasteiger partial charge in [-0.05, 0) is 13.0 Å². The molecule has 12 heavy (non-hydrogen) atoms. The Labute approximate surface area is 75.8 Å². The minimum absolute atomic E-state index is 1.05. The fourth-order valence-electron chi connectivity index (χ4n) is 1.35. The quantitative estimate of drug-likeness (QED) is 0.535. The molecule has 0 saturated carbocycles. The van der Waals surface area contributed by atoms with E-state index in [1.165, 1.54) is 15.0 Å². The van der Waals surface area contributed by atoms with Crippen LogP contribution in [-0.4, -0.2) is 0 Å². The average molecular weight is 172 g/mol. The summed E-state index contributed by atoms with van der Waals surface area (Å²) in [5.74, 6) is 2.73. The molecular weight excluding hydrogens is 164 g/mol. The first-order valence-corrected chi connectivity index (χ1v) is 4.59. The number of hydrogen-bond donors (Lipinski definition) is 0. The van der Waals surface area contributed by atoms with Crippen molar-refractivity contribution in [2.24, 2.45) is 0 Å². The third kappa shape index (κ3) is 0.929. The second-order valence-corrected chi connectivity index (χ2v) is 3.93. The van der Waals surface area contributed by atoms with Crippen LogP contribution in [0.15, 0.2) is 24.3 Å². The highest BCUT2D eigenvalue weighted by molar-refractivity contribution is 7.19. The molecule has 0 fully saturated rings. The molecule has 0 spiro atoms. The van der Waals surface area contributed by atoms with E-state index in [0.29, 0.717) is 0 Å². The number of benzene rings is 1. The van der Waals surface area contributed by atoms with Crippen molar-refractivity contribution < 1.29 is 0 Å². The lowest BCUT2D eigenvalue weighted by Gasteiger charge is -1.88. The van der Waals surface area contributed by atoms with Gasteiger partial charge in [0.05, 0.1) is 0 Å². The predicted molar refractivity (Wildman–Crippen MR) is 54.5 cm³/mol. The van der Waals surface area contributed by atoms with Crippen molar-refractivity contribution in [3.05, 3.63) is 34.7 Å². The van der Waals surface area contributed by atoms with Crippen LogP contribution in [0.4, 0.5) is 0 Å². The molecule has 0 unspecified atom stereocenters. The predicted octanol–water partition coefficient (Wildman–Crippen LogP) is 3.19. The molecule has 0 radical (unpaired) electrons. The number of hydrogen-bond acceptors (Lipinski definition) is 1. The van der Waals surface area contributed by atoms with Crippen LogP contribution in [0, 0.1) is 19.3 Å². The lowest BCUT2D eigenvalue weighted by Crippen LogP contribution is -1.71. The first-order valence-electron chi connectivity index (χ1n) is 3.77. The second kappa shape index (κ2) is 2.66. The lowest BCUT2D eigenvalue weighted by atomic mass is 10.1. The standard InChI is InChI=1S/C11H8S/c1-3-9-8(2)12-11-7-5-4-6-10(9)11/h1,4-7H,2H3. The van der Waals surface area contributed by atoms with E-state index in [-0.39, 0.29) is 0 Å². The normalized spacial score (nSPS) is 10.0. The maximum absolute atomic E-state index is 5.42. The zero-order valence-electron chi connectivity index (χ0n) is 6.79. The maximum atomic E-state index is 5.42. The Hall–Kier alpha value is -1.26. The Bertz CT molecular complexity index is 457. The molecule has 1 aromatic heterocycles. The third-order valence-corrected chi connectivity index (χ3v) is 3.00. The van der Waals surface area contributed by atoms with Crippen LogP contribution in [0.3, 0.4) is 0 Å². The Balaban J connectivity index is 2.93. The van der Waals surface area contributed by atoms with Crippen molar-refractivity contribution in [2.45, 2.75) is 6.92 Å². The van der Waals surface area contributed by atoms with Gasteiger partial charge in [-0.3, -0.25) is 0 Å². The molecule has 58 valence electrons. The Morgan fingerprint density at radius 1 is 1.33 bits per heavy atom. The summed E-state index contributed by atoms with van der Waals surface area (Å²) in [7, 11) is 0. The topological polar surface area (TPSA) is 0 Å². The van der Waals surface area contributed by atoms with Gasteiger partial charge in [-0.15, -0.1) is 17.8 Å². The zero-order chi connectivity index (χ0) is 8.55. The highest BCUT2D eigenvalue weighted by Gasteiger charge is 2.04. The number of aryl methyl sites for hydroxylation is 1. The third-order valence-electron chi connectivity index (χ3n) is 1.92.